The van der Waals surface area contributed by atoms with Crippen LogP contribution in [-0.2, 0) is 16.0 Å². The third-order valence-corrected chi connectivity index (χ3v) is 2.59. The van der Waals surface area contributed by atoms with E-state index < -0.39 is 18.1 Å². The molecule has 1 aromatic carbocycles. The van der Waals surface area contributed by atoms with Crippen LogP contribution in [0.4, 0.5) is 0 Å². The number of hydrogen-bond acceptors (Lipinski definition) is 4. The Kier molecular flexibility index (Phi) is 9.16. The predicted octanol–water partition coefficient (Wildman–Crippen LogP) is 0.102. The Morgan fingerprint density at radius 3 is 2.63 bits per heavy atom. The molecule has 2 atom stereocenters. The van der Waals surface area contributed by atoms with Crippen LogP contribution in [0.25, 0.3) is 0 Å². The van der Waals surface area contributed by atoms with E-state index in [9.17, 15) is 9.90 Å². The number of nitrogens with one attached hydrogen (secondary N) is 1. The van der Waals surface area contributed by atoms with Crippen LogP contribution in [0.15, 0.2) is 30.3 Å². The highest BCUT2D eigenvalue weighted by molar-refractivity contribution is 5.85. The molecule has 19 heavy (non-hydrogen) atoms. The van der Waals surface area contributed by atoms with Crippen LogP contribution in [0.1, 0.15) is 5.56 Å². The van der Waals surface area contributed by atoms with E-state index >= 15 is 0 Å². The van der Waals surface area contributed by atoms with Crippen molar-refractivity contribution in [2.45, 2.75) is 18.6 Å². The lowest BCUT2D eigenvalue weighted by molar-refractivity contribution is -0.130. The fourth-order valence-corrected chi connectivity index (χ4v) is 1.57. The minimum absolute atomic E-state index is 0. The molecule has 4 N–H and O–H groups in total. The zero-order chi connectivity index (χ0) is 13.4. The van der Waals surface area contributed by atoms with Crippen molar-refractivity contribution in [3.8, 4) is 0 Å². The number of benzene rings is 1. The number of aliphatic hydroxyl groups is 1. The third kappa shape index (κ3) is 6.54. The average molecular weight is 289 g/mol. The molecule has 0 aliphatic rings. The van der Waals surface area contributed by atoms with Gasteiger partial charge in [-0.15, -0.1) is 12.4 Å². The Morgan fingerprint density at radius 1 is 1.42 bits per heavy atom. The molecule has 0 heterocycles. The van der Waals surface area contributed by atoms with Gasteiger partial charge in [0.25, 0.3) is 5.91 Å². The van der Waals surface area contributed by atoms with E-state index in [2.05, 4.69) is 5.32 Å². The molecule has 0 saturated carbocycles. The van der Waals surface area contributed by atoms with Gasteiger partial charge in [-0.2, -0.15) is 0 Å². The van der Waals surface area contributed by atoms with Crippen LogP contribution in [-0.4, -0.2) is 43.4 Å². The monoisotopic (exact) mass is 288 g/mol. The summed E-state index contributed by atoms with van der Waals surface area (Å²) in [5.74, 6) is -0.463. The molecule has 0 aromatic heterocycles. The predicted molar refractivity (Wildman–Crippen MR) is 76.3 cm³/mol. The number of amides is 1. The SMILES string of the molecule is COCCNC(=O)C(O)[C@@H](N)Cc1ccccc1.Cl. The number of ether oxygens (including phenoxy) is 1. The van der Waals surface area contributed by atoms with E-state index in [-0.39, 0.29) is 12.4 Å². The fourth-order valence-electron chi connectivity index (χ4n) is 1.57. The van der Waals surface area contributed by atoms with Crippen LogP contribution >= 0.6 is 12.4 Å². The lowest BCUT2D eigenvalue weighted by atomic mass is 10.0. The van der Waals surface area contributed by atoms with Crippen molar-refractivity contribution >= 4 is 18.3 Å². The second kappa shape index (κ2) is 9.75. The zero-order valence-corrected chi connectivity index (χ0v) is 11.7. The number of aliphatic hydroxyl groups excluding tert-OH is 1. The van der Waals surface area contributed by atoms with Crippen molar-refractivity contribution in [2.24, 2.45) is 5.73 Å². The van der Waals surface area contributed by atoms with Crippen LogP contribution < -0.4 is 11.1 Å². The standard InChI is InChI=1S/C13H20N2O3.ClH/c1-18-8-7-15-13(17)12(16)11(14)9-10-5-3-2-4-6-10;/h2-6,11-12,16H,7-9,14H2,1H3,(H,15,17);1H/t11-,12?;/m0./s1. The molecule has 0 saturated heterocycles. The highest BCUT2D eigenvalue weighted by Crippen LogP contribution is 2.04. The summed E-state index contributed by atoms with van der Waals surface area (Å²) >= 11 is 0. The summed E-state index contributed by atoms with van der Waals surface area (Å²) in [6, 6.07) is 8.91. The molecular weight excluding hydrogens is 268 g/mol. The maximum Gasteiger partial charge on any atom is 0.250 e. The molecule has 0 spiro atoms. The lowest BCUT2D eigenvalue weighted by Crippen LogP contribution is -2.48. The van der Waals surface area contributed by atoms with Gasteiger partial charge in [-0.3, -0.25) is 4.79 Å². The largest absolute Gasteiger partial charge is 0.383 e. The molecule has 0 fully saturated rings. The van der Waals surface area contributed by atoms with E-state index in [4.69, 9.17) is 10.5 Å². The minimum Gasteiger partial charge on any atom is -0.383 e. The Morgan fingerprint density at radius 2 is 2.05 bits per heavy atom. The molecule has 5 nitrogen and oxygen atoms in total. The normalized spacial score (nSPS) is 13.2. The molecule has 1 aromatic rings. The first-order valence-corrected chi connectivity index (χ1v) is 5.89. The van der Waals surface area contributed by atoms with Gasteiger partial charge >= 0.3 is 0 Å². The summed E-state index contributed by atoms with van der Waals surface area (Å²) in [4.78, 5) is 11.6. The molecule has 6 heteroatoms. The summed E-state index contributed by atoms with van der Waals surface area (Å²) in [5, 5.41) is 12.3. The Hall–Kier alpha value is -1.14. The molecular formula is C13H21ClN2O3. The molecule has 1 rings (SSSR count). The van der Waals surface area contributed by atoms with Gasteiger partial charge in [-0.05, 0) is 12.0 Å². The van der Waals surface area contributed by atoms with Crippen LogP contribution in [0, 0.1) is 0 Å². The van der Waals surface area contributed by atoms with Gasteiger partial charge < -0.3 is 20.9 Å². The summed E-state index contributed by atoms with van der Waals surface area (Å²) in [7, 11) is 1.55. The number of hydrogen-bond donors (Lipinski definition) is 3. The van der Waals surface area contributed by atoms with E-state index in [1.54, 1.807) is 7.11 Å². The van der Waals surface area contributed by atoms with Gasteiger partial charge in [0.15, 0.2) is 0 Å². The summed E-state index contributed by atoms with van der Waals surface area (Å²) in [6.45, 7) is 0.775. The van der Waals surface area contributed by atoms with Gasteiger partial charge in [0.2, 0.25) is 0 Å². The Bertz CT molecular complexity index is 362. The van der Waals surface area contributed by atoms with Crippen molar-refractivity contribution in [3.05, 3.63) is 35.9 Å². The first-order valence-electron chi connectivity index (χ1n) is 5.89. The molecule has 0 aliphatic carbocycles. The highest BCUT2D eigenvalue weighted by atomic mass is 35.5. The van der Waals surface area contributed by atoms with E-state index in [1.807, 2.05) is 30.3 Å². The van der Waals surface area contributed by atoms with E-state index in [0.29, 0.717) is 19.6 Å². The van der Waals surface area contributed by atoms with Gasteiger partial charge in [0, 0.05) is 19.7 Å². The van der Waals surface area contributed by atoms with Gasteiger partial charge in [-0.1, -0.05) is 30.3 Å². The maximum absolute atomic E-state index is 11.6. The topological polar surface area (TPSA) is 84.6 Å². The third-order valence-electron chi connectivity index (χ3n) is 2.59. The molecule has 0 aliphatic heterocycles. The van der Waals surface area contributed by atoms with Gasteiger partial charge in [0.1, 0.15) is 6.10 Å². The minimum atomic E-state index is -1.21. The smallest absolute Gasteiger partial charge is 0.250 e. The number of nitrogens with two attached hydrogens (primary N) is 1. The quantitative estimate of drug-likeness (QED) is 0.622. The summed E-state index contributed by atoms with van der Waals surface area (Å²) in [5.41, 5.74) is 6.81. The number of rotatable bonds is 7. The van der Waals surface area contributed by atoms with Crippen LogP contribution in [0.3, 0.4) is 0 Å². The number of halogens is 1. The summed E-state index contributed by atoms with van der Waals surface area (Å²) in [6.07, 6.45) is -0.748. The van der Waals surface area contributed by atoms with Crippen molar-refractivity contribution in [1.29, 1.82) is 0 Å². The van der Waals surface area contributed by atoms with Crippen LogP contribution in [0.5, 0.6) is 0 Å². The highest BCUT2D eigenvalue weighted by Gasteiger charge is 2.22. The molecule has 0 bridgehead atoms. The Balaban J connectivity index is 0.00000324. The van der Waals surface area contributed by atoms with E-state index in [0.717, 1.165) is 5.56 Å². The Labute approximate surface area is 119 Å². The van der Waals surface area contributed by atoms with E-state index in [1.165, 1.54) is 0 Å². The molecule has 108 valence electrons. The number of carbonyl (C=O) groups excluding carboxylic acids is 1. The fraction of sp³-hybridized carbons (Fsp3) is 0.462. The van der Waals surface area contributed by atoms with Crippen molar-refractivity contribution in [1.82, 2.24) is 5.32 Å². The first kappa shape index (κ1) is 17.9. The van der Waals surface area contributed by atoms with Crippen LogP contribution in [0.2, 0.25) is 0 Å². The molecule has 0 radical (unpaired) electrons. The summed E-state index contributed by atoms with van der Waals surface area (Å²) < 4.78 is 4.80. The maximum atomic E-state index is 11.6. The van der Waals surface area contributed by atoms with Crippen molar-refractivity contribution in [2.75, 3.05) is 20.3 Å². The lowest BCUT2D eigenvalue weighted by Gasteiger charge is -2.18. The molecule has 1 unspecified atom stereocenters. The van der Waals surface area contributed by atoms with Gasteiger partial charge in [0.05, 0.1) is 6.61 Å². The molecule has 1 amide bonds. The first-order chi connectivity index (χ1) is 8.65. The average Bonchev–Trinajstić information content (AvgIpc) is 2.39. The second-order valence-corrected chi connectivity index (χ2v) is 4.08. The number of methoxy groups -OCH3 is 1. The van der Waals surface area contributed by atoms with Crippen molar-refractivity contribution in [3.63, 3.8) is 0 Å². The van der Waals surface area contributed by atoms with Crippen molar-refractivity contribution < 1.29 is 14.6 Å². The number of carbonyl (C=O) groups is 1. The second-order valence-electron chi connectivity index (χ2n) is 4.08. The zero-order valence-electron chi connectivity index (χ0n) is 10.9. The van der Waals surface area contributed by atoms with Gasteiger partial charge in [-0.25, -0.2) is 0 Å².